The Labute approximate surface area is 441 Å². The average molecular weight is 966 g/mol. The molecule has 0 atom stereocenters. The van der Waals surface area contributed by atoms with E-state index >= 15 is 0 Å². The van der Waals surface area contributed by atoms with Crippen LogP contribution in [0.2, 0.25) is 0 Å². The molecule has 9 aromatic rings. The van der Waals surface area contributed by atoms with Gasteiger partial charge in [0.15, 0.2) is 0 Å². The normalized spacial score (nSPS) is 13.7. The Bertz CT molecular complexity index is 3630. The maximum absolute atomic E-state index is 12.9. The van der Waals surface area contributed by atoms with Crippen molar-refractivity contribution in [2.75, 3.05) is 0 Å². The van der Waals surface area contributed by atoms with E-state index in [-0.39, 0.29) is 34.1 Å². The van der Waals surface area contributed by atoms with Gasteiger partial charge in [-0.1, -0.05) is 213 Å². The minimum atomic E-state index is -1.59. The van der Waals surface area contributed by atoms with Crippen molar-refractivity contribution in [2.24, 2.45) is 5.41 Å². The summed E-state index contributed by atoms with van der Waals surface area (Å²) in [7, 11) is 0. The number of phenolic OH excluding ortho intramolecular Hbond substituents is 1. The lowest BCUT2D eigenvalue weighted by Gasteiger charge is -2.28. The van der Waals surface area contributed by atoms with E-state index in [2.05, 4.69) is 209 Å². The molecule has 0 radical (unpaired) electrons. The number of aromatic nitrogens is 3. The van der Waals surface area contributed by atoms with Crippen LogP contribution in [-0.4, -0.2) is 19.6 Å². The molecule has 0 saturated carbocycles. The number of aromatic hydroxyl groups is 1. The largest absolute Gasteiger partial charge is 0.507 e. The van der Waals surface area contributed by atoms with E-state index in [0.717, 1.165) is 72.4 Å². The van der Waals surface area contributed by atoms with Crippen molar-refractivity contribution in [1.82, 2.24) is 14.5 Å². The fourth-order valence-corrected chi connectivity index (χ4v) is 9.69. The van der Waals surface area contributed by atoms with E-state index in [1.807, 2.05) is 32.9 Å². The van der Waals surface area contributed by atoms with Crippen LogP contribution in [0.5, 0.6) is 5.75 Å². The highest BCUT2D eigenvalue weighted by atomic mass is 16.3. The maximum atomic E-state index is 12.9. The van der Waals surface area contributed by atoms with Gasteiger partial charge in [0.25, 0.3) is 0 Å². The van der Waals surface area contributed by atoms with Gasteiger partial charge >= 0.3 is 0 Å². The SMILES string of the molecule is [2H]c1cnc(-c2cc(-c3cccc4c3nc(-c3cc(C(C)(C)C)cc(C(C)(C)C)c3O)n4-c3c(-c4ccccc4)cc(C(C)(C)C)cc3-c3ccccc3)cc(C(C)(C)C)c2)c([2H])c1-c1ccc(C([2H])([2H])C(C)(C)C)cc1. The Morgan fingerprint density at radius 2 is 1.03 bits per heavy atom. The lowest BCUT2D eigenvalue weighted by molar-refractivity contribution is 0.411. The number of hydrogen-bond acceptors (Lipinski definition) is 3. The summed E-state index contributed by atoms with van der Waals surface area (Å²) in [5, 5.41) is 12.9. The Morgan fingerprint density at radius 1 is 0.493 bits per heavy atom. The third-order valence-corrected chi connectivity index (χ3v) is 13.8. The highest BCUT2D eigenvalue weighted by molar-refractivity contribution is 6.00. The highest BCUT2D eigenvalue weighted by Crippen LogP contribution is 2.48. The van der Waals surface area contributed by atoms with Gasteiger partial charge in [-0.15, -0.1) is 0 Å². The molecule has 0 aliphatic heterocycles. The monoisotopic (exact) mass is 966 g/mol. The van der Waals surface area contributed by atoms with Gasteiger partial charge in [0.05, 0.1) is 30.7 Å². The summed E-state index contributed by atoms with van der Waals surface area (Å²) in [6.45, 7) is 32.1. The maximum Gasteiger partial charge on any atom is 0.149 e. The Kier molecular flexibility index (Phi) is 11.8. The van der Waals surface area contributed by atoms with E-state index < -0.39 is 17.2 Å². The first-order valence-corrected chi connectivity index (χ1v) is 25.8. The summed E-state index contributed by atoms with van der Waals surface area (Å²) in [6, 6.07) is 50.3. The van der Waals surface area contributed by atoms with Crippen molar-refractivity contribution in [3.05, 3.63) is 192 Å². The Morgan fingerprint density at radius 3 is 1.58 bits per heavy atom. The first-order chi connectivity index (χ1) is 35.9. The van der Waals surface area contributed by atoms with Gasteiger partial charge in [-0.2, -0.15) is 0 Å². The third-order valence-electron chi connectivity index (χ3n) is 13.8. The molecule has 0 fully saturated rings. The molecular weight excluding hydrogens is 887 g/mol. The fourth-order valence-electron chi connectivity index (χ4n) is 9.69. The second-order valence-corrected chi connectivity index (χ2v) is 25.0. The van der Waals surface area contributed by atoms with E-state index in [9.17, 15) is 6.48 Å². The Balaban J connectivity index is 1.39. The van der Waals surface area contributed by atoms with Crippen molar-refractivity contribution in [1.29, 1.82) is 0 Å². The predicted octanol–water partition coefficient (Wildman–Crippen LogP) is 18.9. The molecule has 9 rings (SSSR count). The molecular formula is C69H75N3O. The molecule has 0 saturated heterocycles. The van der Waals surface area contributed by atoms with Crippen molar-refractivity contribution in [3.8, 4) is 78.6 Å². The van der Waals surface area contributed by atoms with Gasteiger partial charge in [0.1, 0.15) is 11.6 Å². The molecule has 1 N–H and O–H groups in total. The van der Waals surface area contributed by atoms with Gasteiger partial charge < -0.3 is 5.11 Å². The summed E-state index contributed by atoms with van der Waals surface area (Å²) in [5.41, 5.74) is 14.3. The van der Waals surface area contributed by atoms with Crippen molar-refractivity contribution in [2.45, 2.75) is 132 Å². The van der Waals surface area contributed by atoms with Gasteiger partial charge in [-0.05, 0) is 132 Å². The molecule has 0 unspecified atom stereocenters. The first kappa shape index (κ1) is 45.8. The number of fused-ring (bicyclic) bond motifs is 1. The molecule has 7 aromatic carbocycles. The zero-order valence-electron chi connectivity index (χ0n) is 49.7. The van der Waals surface area contributed by atoms with E-state index in [0.29, 0.717) is 33.8 Å². The second-order valence-electron chi connectivity index (χ2n) is 25.0. The molecule has 0 aliphatic rings. The van der Waals surface area contributed by atoms with Crippen molar-refractivity contribution in [3.63, 3.8) is 0 Å². The molecule has 0 amide bonds. The molecule has 0 aliphatic carbocycles. The highest BCUT2D eigenvalue weighted by Gasteiger charge is 2.31. The molecule has 73 heavy (non-hydrogen) atoms. The lowest BCUT2D eigenvalue weighted by Crippen LogP contribution is -2.17. The molecule has 4 heteroatoms. The second kappa shape index (κ2) is 18.8. The standard InChI is InChI=1S/C69H75N3O/c1-65(2,3)43-44-29-31-45(32-30-44)48-33-34-70-59(38-48)50-35-49(36-51(37-50)66(4,5)6)54-27-22-28-60-61(54)71-64(57-41-53(68(10,11)12)42-58(63(57)73)69(13,14)15)72(60)62-55(46-23-18-16-19-24-46)39-52(67(7,8)9)40-56(62)47-25-20-17-21-26-47/h16-42,73H,43H2,1-15H3/i33D,38D,43D2. The number of benzene rings is 7. The summed E-state index contributed by atoms with van der Waals surface area (Å²) < 4.78 is 38.9. The summed E-state index contributed by atoms with van der Waals surface area (Å²) in [4.78, 5) is 10.6. The van der Waals surface area contributed by atoms with E-state index in [1.165, 1.54) is 11.8 Å². The summed E-state index contributed by atoms with van der Waals surface area (Å²) in [5.74, 6) is 0.804. The first-order valence-electron chi connectivity index (χ1n) is 27.8. The van der Waals surface area contributed by atoms with Crippen molar-refractivity contribution >= 4 is 11.0 Å². The quantitative estimate of drug-likeness (QED) is 0.165. The number of phenols is 1. The van der Waals surface area contributed by atoms with E-state index in [1.54, 1.807) is 12.1 Å². The lowest BCUT2D eigenvalue weighted by atomic mass is 9.78. The zero-order chi connectivity index (χ0) is 55.9. The van der Waals surface area contributed by atoms with Gasteiger partial charge in [-0.3, -0.25) is 9.55 Å². The number of pyridine rings is 1. The number of rotatable bonds is 8. The zero-order valence-corrected chi connectivity index (χ0v) is 45.7. The van der Waals surface area contributed by atoms with Crippen LogP contribution >= 0.6 is 0 Å². The van der Waals surface area contributed by atoms with Gasteiger partial charge in [-0.25, -0.2) is 4.98 Å². The number of nitrogens with zero attached hydrogens (tertiary/aromatic N) is 3. The van der Waals surface area contributed by atoms with Crippen LogP contribution in [0.3, 0.4) is 0 Å². The molecule has 2 heterocycles. The predicted molar refractivity (Wildman–Crippen MR) is 311 cm³/mol. The van der Waals surface area contributed by atoms with Crippen molar-refractivity contribution < 1.29 is 10.6 Å². The van der Waals surface area contributed by atoms with Crippen LogP contribution in [0.15, 0.2) is 164 Å². The van der Waals surface area contributed by atoms with Crippen LogP contribution in [0.4, 0.5) is 0 Å². The van der Waals surface area contributed by atoms with E-state index in [4.69, 9.17) is 14.1 Å². The molecule has 0 bridgehead atoms. The smallest absolute Gasteiger partial charge is 0.149 e. The molecule has 2 aromatic heterocycles. The minimum Gasteiger partial charge on any atom is -0.507 e. The Hall–Kier alpha value is -7.04. The van der Waals surface area contributed by atoms with Gasteiger partial charge in [0, 0.05) is 36.8 Å². The third kappa shape index (κ3) is 10.6. The molecule has 4 nitrogen and oxygen atoms in total. The average Bonchev–Trinajstić information content (AvgIpc) is 3.91. The topological polar surface area (TPSA) is 50.9 Å². The summed E-state index contributed by atoms with van der Waals surface area (Å²) in [6.07, 6.45) is -0.0734. The van der Waals surface area contributed by atoms with Crippen LogP contribution in [0.1, 0.15) is 137 Å². The fraction of sp³-hybridized carbons (Fsp3) is 0.304. The van der Waals surface area contributed by atoms with Crippen LogP contribution in [0.25, 0.3) is 83.9 Å². The summed E-state index contributed by atoms with van der Waals surface area (Å²) >= 11 is 0. The number of hydrogen-bond donors (Lipinski definition) is 1. The van der Waals surface area contributed by atoms with Crippen LogP contribution in [-0.2, 0) is 28.0 Å². The van der Waals surface area contributed by atoms with Crippen LogP contribution in [0, 0.1) is 5.41 Å². The molecule has 0 spiro atoms. The molecule has 372 valence electrons. The minimum absolute atomic E-state index is 0.119. The van der Waals surface area contributed by atoms with Crippen LogP contribution < -0.4 is 0 Å². The number of imidazole rings is 1. The number of para-hydroxylation sites is 1. The van der Waals surface area contributed by atoms with Gasteiger partial charge in [0.2, 0.25) is 0 Å².